The predicted octanol–water partition coefficient (Wildman–Crippen LogP) is 2.31. The molecule has 0 saturated carbocycles. The molecule has 7 heteroatoms. The summed E-state index contributed by atoms with van der Waals surface area (Å²) in [5, 5.41) is 5.25. The summed E-state index contributed by atoms with van der Waals surface area (Å²) in [6, 6.07) is 11.4. The number of aryl methyl sites for hydroxylation is 1. The highest BCUT2D eigenvalue weighted by molar-refractivity contribution is 5.98. The van der Waals surface area contributed by atoms with Gasteiger partial charge in [0, 0.05) is 30.8 Å². The quantitative estimate of drug-likeness (QED) is 0.804. The maximum Gasteiger partial charge on any atom is 0.251 e. The molecule has 1 heterocycles. The van der Waals surface area contributed by atoms with E-state index in [1.807, 2.05) is 0 Å². The molecule has 0 atom stereocenters. The van der Waals surface area contributed by atoms with Crippen molar-refractivity contribution in [2.45, 2.75) is 26.3 Å². The van der Waals surface area contributed by atoms with E-state index in [-0.39, 0.29) is 36.6 Å². The molecule has 1 saturated heterocycles. The number of hydrogen-bond acceptors (Lipinski definition) is 3. The first-order valence-electron chi connectivity index (χ1n) is 9.14. The van der Waals surface area contributed by atoms with Gasteiger partial charge in [0.25, 0.3) is 5.91 Å². The summed E-state index contributed by atoms with van der Waals surface area (Å²) in [4.78, 5) is 37.6. The van der Waals surface area contributed by atoms with E-state index in [0.717, 1.165) is 17.7 Å². The van der Waals surface area contributed by atoms with Gasteiger partial charge in [0.05, 0.1) is 6.54 Å². The molecule has 0 aromatic heterocycles. The summed E-state index contributed by atoms with van der Waals surface area (Å²) >= 11 is 0. The number of nitrogens with zero attached hydrogens (tertiary/aromatic N) is 1. The Labute approximate surface area is 162 Å². The van der Waals surface area contributed by atoms with E-state index in [9.17, 15) is 18.8 Å². The lowest BCUT2D eigenvalue weighted by Crippen LogP contribution is -2.36. The van der Waals surface area contributed by atoms with Crippen LogP contribution in [0.5, 0.6) is 0 Å². The second-order valence-electron chi connectivity index (χ2n) is 6.74. The highest BCUT2D eigenvalue weighted by Gasteiger charge is 2.21. The number of carbonyl (C=O) groups excluding carboxylic acids is 3. The number of rotatable bonds is 6. The number of carbonyl (C=O) groups is 3. The van der Waals surface area contributed by atoms with Crippen LogP contribution in [0.25, 0.3) is 0 Å². The molecule has 2 aromatic rings. The van der Waals surface area contributed by atoms with Crippen molar-refractivity contribution in [2.75, 3.05) is 18.0 Å². The van der Waals surface area contributed by atoms with Gasteiger partial charge in [-0.25, -0.2) is 4.39 Å². The molecule has 6 nitrogen and oxygen atoms in total. The Morgan fingerprint density at radius 1 is 1.11 bits per heavy atom. The molecule has 1 aliphatic rings. The largest absolute Gasteiger partial charge is 0.350 e. The molecular weight excluding hydrogens is 361 g/mol. The van der Waals surface area contributed by atoms with Crippen LogP contribution in [-0.2, 0) is 16.1 Å². The average molecular weight is 383 g/mol. The van der Waals surface area contributed by atoms with Gasteiger partial charge in [0.15, 0.2) is 0 Å². The zero-order valence-corrected chi connectivity index (χ0v) is 15.6. The maximum absolute atomic E-state index is 13.2. The Kier molecular flexibility index (Phi) is 6.03. The van der Waals surface area contributed by atoms with Crippen LogP contribution >= 0.6 is 0 Å². The number of nitrogens with one attached hydrogen (secondary N) is 2. The van der Waals surface area contributed by atoms with Crippen molar-refractivity contribution in [1.29, 1.82) is 0 Å². The lowest BCUT2D eigenvalue weighted by molar-refractivity contribution is -0.120. The van der Waals surface area contributed by atoms with Crippen molar-refractivity contribution in [1.82, 2.24) is 10.6 Å². The van der Waals surface area contributed by atoms with Crippen molar-refractivity contribution in [2.24, 2.45) is 0 Å². The van der Waals surface area contributed by atoms with Crippen LogP contribution < -0.4 is 15.5 Å². The SMILES string of the molecule is Cc1cc(CNC(=O)CNC(=O)c2ccc(N3CCCC3=O)cc2)ccc1F. The molecule has 0 bridgehead atoms. The van der Waals surface area contributed by atoms with E-state index in [4.69, 9.17) is 0 Å². The van der Waals surface area contributed by atoms with E-state index in [1.54, 1.807) is 48.2 Å². The van der Waals surface area contributed by atoms with Crippen LogP contribution in [0.1, 0.15) is 34.3 Å². The van der Waals surface area contributed by atoms with Crippen LogP contribution in [0.3, 0.4) is 0 Å². The Morgan fingerprint density at radius 3 is 2.50 bits per heavy atom. The number of hydrogen-bond donors (Lipinski definition) is 2. The van der Waals surface area contributed by atoms with E-state index in [1.165, 1.54) is 6.07 Å². The van der Waals surface area contributed by atoms with Crippen LogP contribution in [0, 0.1) is 12.7 Å². The van der Waals surface area contributed by atoms with Gasteiger partial charge in [-0.1, -0.05) is 12.1 Å². The van der Waals surface area contributed by atoms with Crippen LogP contribution in [0.15, 0.2) is 42.5 Å². The van der Waals surface area contributed by atoms with Gasteiger partial charge in [-0.3, -0.25) is 14.4 Å². The van der Waals surface area contributed by atoms with Crippen molar-refractivity contribution >= 4 is 23.4 Å². The monoisotopic (exact) mass is 383 g/mol. The highest BCUT2D eigenvalue weighted by Crippen LogP contribution is 2.21. The van der Waals surface area contributed by atoms with Gasteiger partial charge in [0.1, 0.15) is 5.82 Å². The molecule has 146 valence electrons. The molecule has 0 radical (unpaired) electrons. The highest BCUT2D eigenvalue weighted by atomic mass is 19.1. The van der Waals surface area contributed by atoms with Gasteiger partial charge in [-0.05, 0) is 54.8 Å². The summed E-state index contributed by atoms with van der Waals surface area (Å²) in [6.07, 6.45) is 1.39. The third-order valence-corrected chi connectivity index (χ3v) is 4.64. The van der Waals surface area contributed by atoms with Crippen LogP contribution in [-0.4, -0.2) is 30.8 Å². The fourth-order valence-electron chi connectivity index (χ4n) is 3.06. The first-order chi connectivity index (χ1) is 13.4. The summed E-state index contributed by atoms with van der Waals surface area (Å²) < 4.78 is 13.2. The standard InChI is InChI=1S/C21H22FN3O3/c1-14-11-15(4-9-18(14)22)12-23-19(26)13-24-21(28)16-5-7-17(8-6-16)25-10-2-3-20(25)27/h4-9,11H,2-3,10,12-13H2,1H3,(H,23,26)(H,24,28). The van der Waals surface area contributed by atoms with Crippen molar-refractivity contribution in [3.8, 4) is 0 Å². The minimum absolute atomic E-state index is 0.0882. The molecule has 0 aliphatic carbocycles. The summed E-state index contributed by atoms with van der Waals surface area (Å²) in [7, 11) is 0. The van der Waals surface area contributed by atoms with E-state index in [0.29, 0.717) is 24.1 Å². The van der Waals surface area contributed by atoms with Crippen molar-refractivity contribution < 1.29 is 18.8 Å². The molecule has 1 aliphatic heterocycles. The van der Waals surface area contributed by atoms with Gasteiger partial charge in [0.2, 0.25) is 11.8 Å². The minimum Gasteiger partial charge on any atom is -0.350 e. The minimum atomic E-state index is -0.368. The third-order valence-electron chi connectivity index (χ3n) is 4.64. The molecule has 3 amide bonds. The van der Waals surface area contributed by atoms with Gasteiger partial charge in [-0.2, -0.15) is 0 Å². The van der Waals surface area contributed by atoms with Gasteiger partial charge < -0.3 is 15.5 Å². The average Bonchev–Trinajstić information content (AvgIpc) is 3.13. The number of benzene rings is 2. The maximum atomic E-state index is 13.2. The Morgan fingerprint density at radius 2 is 1.86 bits per heavy atom. The van der Waals surface area contributed by atoms with Gasteiger partial charge >= 0.3 is 0 Å². The number of anilines is 1. The fourth-order valence-corrected chi connectivity index (χ4v) is 3.06. The van der Waals surface area contributed by atoms with Gasteiger partial charge in [-0.15, -0.1) is 0 Å². The lowest BCUT2D eigenvalue weighted by atomic mass is 10.1. The third kappa shape index (κ3) is 4.73. The molecule has 0 unspecified atom stereocenters. The second-order valence-corrected chi connectivity index (χ2v) is 6.74. The number of amides is 3. The molecule has 0 spiro atoms. The van der Waals surface area contributed by atoms with E-state index < -0.39 is 0 Å². The zero-order valence-electron chi connectivity index (χ0n) is 15.6. The summed E-state index contributed by atoms with van der Waals surface area (Å²) in [5.74, 6) is -0.908. The number of halogens is 1. The predicted molar refractivity (Wildman–Crippen MR) is 103 cm³/mol. The first kappa shape index (κ1) is 19.5. The lowest BCUT2D eigenvalue weighted by Gasteiger charge is -2.15. The Bertz CT molecular complexity index is 896. The molecule has 28 heavy (non-hydrogen) atoms. The molecule has 3 rings (SSSR count). The van der Waals surface area contributed by atoms with Crippen LogP contribution in [0.4, 0.5) is 10.1 Å². The topological polar surface area (TPSA) is 78.5 Å². The molecule has 1 fully saturated rings. The fraction of sp³-hybridized carbons (Fsp3) is 0.286. The normalized spacial score (nSPS) is 13.5. The molecular formula is C21H22FN3O3. The summed E-state index contributed by atoms with van der Waals surface area (Å²) in [5.41, 5.74) is 2.48. The summed E-state index contributed by atoms with van der Waals surface area (Å²) in [6.45, 7) is 2.45. The Hall–Kier alpha value is -3.22. The van der Waals surface area contributed by atoms with Crippen molar-refractivity contribution in [3.05, 3.63) is 65.0 Å². The molecule has 2 N–H and O–H groups in total. The Balaban J connectivity index is 1.47. The first-order valence-corrected chi connectivity index (χ1v) is 9.14. The smallest absolute Gasteiger partial charge is 0.251 e. The zero-order chi connectivity index (χ0) is 20.1. The van der Waals surface area contributed by atoms with E-state index >= 15 is 0 Å². The van der Waals surface area contributed by atoms with Crippen molar-refractivity contribution in [3.63, 3.8) is 0 Å². The van der Waals surface area contributed by atoms with E-state index in [2.05, 4.69) is 10.6 Å². The second kappa shape index (κ2) is 8.65. The van der Waals surface area contributed by atoms with Crippen LogP contribution in [0.2, 0.25) is 0 Å². The molecule has 2 aromatic carbocycles.